The highest BCUT2D eigenvalue weighted by Crippen LogP contribution is 2.22. The average Bonchev–Trinajstić information content (AvgIpc) is 2.72. The van der Waals surface area contributed by atoms with Crippen molar-refractivity contribution in [2.24, 2.45) is 0 Å². The van der Waals surface area contributed by atoms with Gasteiger partial charge in [0, 0.05) is 37.3 Å². The van der Waals surface area contributed by atoms with Crippen molar-refractivity contribution >= 4 is 11.8 Å². The molecule has 142 valence electrons. The van der Waals surface area contributed by atoms with Crippen LogP contribution in [0, 0.1) is 5.82 Å². The third-order valence-electron chi connectivity index (χ3n) is 4.83. The second-order valence-corrected chi connectivity index (χ2v) is 6.47. The molecule has 0 atom stereocenters. The Morgan fingerprint density at radius 3 is 2.07 bits per heavy atom. The summed E-state index contributed by atoms with van der Waals surface area (Å²) in [5, 5.41) is 0. The van der Waals surface area contributed by atoms with Crippen molar-refractivity contribution < 1.29 is 18.7 Å². The summed E-state index contributed by atoms with van der Waals surface area (Å²) in [6.45, 7) is 3.78. The maximum absolute atomic E-state index is 13.3. The summed E-state index contributed by atoms with van der Waals surface area (Å²) in [4.78, 5) is 28.7. The largest absolute Gasteiger partial charge is 0.496 e. The summed E-state index contributed by atoms with van der Waals surface area (Å²) in [5.41, 5.74) is 1.94. The van der Waals surface area contributed by atoms with Crippen molar-refractivity contribution in [1.29, 1.82) is 0 Å². The van der Waals surface area contributed by atoms with Gasteiger partial charge in [-0.25, -0.2) is 4.39 Å². The van der Waals surface area contributed by atoms with Crippen molar-refractivity contribution in [3.63, 3.8) is 0 Å². The van der Waals surface area contributed by atoms with Gasteiger partial charge in [0.05, 0.1) is 7.11 Å². The number of aryl methyl sites for hydroxylation is 1. The van der Waals surface area contributed by atoms with Crippen molar-refractivity contribution in [1.82, 2.24) is 9.80 Å². The number of amides is 2. The maximum Gasteiger partial charge on any atom is 0.254 e. The second kappa shape index (κ2) is 8.20. The van der Waals surface area contributed by atoms with Crippen LogP contribution in [0.2, 0.25) is 0 Å². The molecule has 1 saturated heterocycles. The molecule has 0 saturated carbocycles. The van der Waals surface area contributed by atoms with E-state index in [9.17, 15) is 14.0 Å². The standard InChI is InChI=1S/C21H23FN2O3/c1-3-15-13-17(7-8-19(15)27-2)21(26)24-11-9-23(10-12-24)20(25)16-5-4-6-18(22)14-16/h4-8,13-14H,3,9-12H2,1-2H3. The van der Waals surface area contributed by atoms with Gasteiger partial charge in [-0.1, -0.05) is 13.0 Å². The molecule has 0 bridgehead atoms. The van der Waals surface area contributed by atoms with E-state index in [-0.39, 0.29) is 11.8 Å². The Kier molecular flexibility index (Phi) is 5.74. The van der Waals surface area contributed by atoms with E-state index in [1.54, 1.807) is 29.0 Å². The Hall–Kier alpha value is -2.89. The number of rotatable bonds is 4. The molecule has 0 aromatic heterocycles. The summed E-state index contributed by atoms with van der Waals surface area (Å²) < 4.78 is 18.6. The van der Waals surface area contributed by atoms with E-state index in [0.717, 1.165) is 17.7 Å². The van der Waals surface area contributed by atoms with Crippen LogP contribution in [0.4, 0.5) is 4.39 Å². The fourth-order valence-corrected chi connectivity index (χ4v) is 3.29. The summed E-state index contributed by atoms with van der Waals surface area (Å²) in [6.07, 6.45) is 0.778. The predicted octanol–water partition coefficient (Wildman–Crippen LogP) is 2.99. The number of carbonyl (C=O) groups excluding carboxylic acids is 2. The first-order valence-corrected chi connectivity index (χ1v) is 9.04. The SMILES string of the molecule is CCc1cc(C(=O)N2CCN(C(=O)c3cccc(F)c3)CC2)ccc1OC. The van der Waals surface area contributed by atoms with Crippen molar-refractivity contribution in [2.75, 3.05) is 33.3 Å². The average molecular weight is 370 g/mol. The summed E-state index contributed by atoms with van der Waals surface area (Å²) in [6, 6.07) is 11.1. The zero-order chi connectivity index (χ0) is 19.4. The third-order valence-corrected chi connectivity index (χ3v) is 4.83. The normalized spacial score (nSPS) is 14.2. The number of benzene rings is 2. The molecule has 1 heterocycles. The predicted molar refractivity (Wildman–Crippen MR) is 101 cm³/mol. The number of methoxy groups -OCH3 is 1. The van der Waals surface area contributed by atoms with Crippen LogP contribution in [-0.2, 0) is 6.42 Å². The molecule has 0 aliphatic carbocycles. The van der Waals surface area contributed by atoms with Crippen LogP contribution in [-0.4, -0.2) is 54.9 Å². The lowest BCUT2D eigenvalue weighted by Gasteiger charge is -2.35. The van der Waals surface area contributed by atoms with Gasteiger partial charge in [-0.05, 0) is 48.4 Å². The molecule has 3 rings (SSSR count). The Morgan fingerprint density at radius 1 is 0.963 bits per heavy atom. The Balaban J connectivity index is 1.65. The number of hydrogen-bond donors (Lipinski definition) is 0. The van der Waals surface area contributed by atoms with E-state index < -0.39 is 5.82 Å². The minimum atomic E-state index is -0.430. The third kappa shape index (κ3) is 4.10. The highest BCUT2D eigenvalue weighted by molar-refractivity contribution is 5.96. The van der Waals surface area contributed by atoms with Gasteiger partial charge in [-0.2, -0.15) is 0 Å². The molecule has 6 heteroatoms. The molecular formula is C21H23FN2O3. The van der Waals surface area contributed by atoms with E-state index in [1.165, 1.54) is 18.2 Å². The van der Waals surface area contributed by atoms with Gasteiger partial charge in [-0.3, -0.25) is 9.59 Å². The minimum Gasteiger partial charge on any atom is -0.496 e. The Bertz CT molecular complexity index is 845. The monoisotopic (exact) mass is 370 g/mol. The smallest absolute Gasteiger partial charge is 0.254 e. The zero-order valence-electron chi connectivity index (χ0n) is 15.6. The lowest BCUT2D eigenvalue weighted by molar-refractivity contribution is 0.0535. The van der Waals surface area contributed by atoms with Crippen LogP contribution < -0.4 is 4.74 Å². The first-order chi connectivity index (χ1) is 13.0. The number of piperazine rings is 1. The van der Waals surface area contributed by atoms with Gasteiger partial charge in [0.15, 0.2) is 0 Å². The lowest BCUT2D eigenvalue weighted by atomic mass is 10.1. The quantitative estimate of drug-likeness (QED) is 0.831. The maximum atomic E-state index is 13.3. The highest BCUT2D eigenvalue weighted by Gasteiger charge is 2.26. The molecule has 2 aromatic rings. The topological polar surface area (TPSA) is 49.9 Å². The molecule has 0 radical (unpaired) electrons. The van der Waals surface area contributed by atoms with Crippen LogP contribution in [0.15, 0.2) is 42.5 Å². The fourth-order valence-electron chi connectivity index (χ4n) is 3.29. The number of halogens is 1. The van der Waals surface area contributed by atoms with Gasteiger partial charge < -0.3 is 14.5 Å². The highest BCUT2D eigenvalue weighted by atomic mass is 19.1. The number of ether oxygens (including phenoxy) is 1. The van der Waals surface area contributed by atoms with Gasteiger partial charge in [0.25, 0.3) is 11.8 Å². The van der Waals surface area contributed by atoms with Gasteiger partial charge in [0.1, 0.15) is 11.6 Å². The first kappa shape index (κ1) is 18.9. The van der Waals surface area contributed by atoms with Crippen molar-refractivity contribution in [3.8, 4) is 5.75 Å². The van der Waals surface area contributed by atoms with E-state index in [2.05, 4.69) is 0 Å². The summed E-state index contributed by atoms with van der Waals surface area (Å²) >= 11 is 0. The lowest BCUT2D eigenvalue weighted by Crippen LogP contribution is -2.50. The minimum absolute atomic E-state index is 0.0507. The second-order valence-electron chi connectivity index (χ2n) is 6.47. The zero-order valence-corrected chi connectivity index (χ0v) is 15.6. The van der Waals surface area contributed by atoms with Gasteiger partial charge >= 0.3 is 0 Å². The summed E-state index contributed by atoms with van der Waals surface area (Å²) in [7, 11) is 1.62. The first-order valence-electron chi connectivity index (χ1n) is 9.04. The van der Waals surface area contributed by atoms with Crippen LogP contribution in [0.3, 0.4) is 0 Å². The molecule has 0 N–H and O–H groups in total. The number of hydrogen-bond acceptors (Lipinski definition) is 3. The van der Waals surface area contributed by atoms with Crippen molar-refractivity contribution in [2.45, 2.75) is 13.3 Å². The molecule has 27 heavy (non-hydrogen) atoms. The molecule has 0 spiro atoms. The molecule has 1 aliphatic heterocycles. The Morgan fingerprint density at radius 2 is 1.56 bits per heavy atom. The van der Waals surface area contributed by atoms with E-state index in [4.69, 9.17) is 4.74 Å². The summed E-state index contributed by atoms with van der Waals surface area (Å²) in [5.74, 6) is 0.0879. The number of nitrogens with zero attached hydrogens (tertiary/aromatic N) is 2. The molecule has 2 amide bonds. The molecule has 5 nitrogen and oxygen atoms in total. The van der Waals surface area contributed by atoms with E-state index >= 15 is 0 Å². The van der Waals surface area contributed by atoms with Gasteiger partial charge in [0.2, 0.25) is 0 Å². The van der Waals surface area contributed by atoms with E-state index in [1.807, 2.05) is 19.1 Å². The Labute approximate surface area is 158 Å². The molecular weight excluding hydrogens is 347 g/mol. The molecule has 1 fully saturated rings. The molecule has 0 unspecified atom stereocenters. The molecule has 2 aromatic carbocycles. The van der Waals surface area contributed by atoms with Crippen LogP contribution in [0.25, 0.3) is 0 Å². The van der Waals surface area contributed by atoms with Gasteiger partial charge in [-0.15, -0.1) is 0 Å². The van der Waals surface area contributed by atoms with E-state index in [0.29, 0.717) is 37.3 Å². The number of carbonyl (C=O) groups is 2. The van der Waals surface area contributed by atoms with Crippen molar-refractivity contribution in [3.05, 3.63) is 65.0 Å². The molecule has 1 aliphatic rings. The van der Waals surface area contributed by atoms with Crippen LogP contribution >= 0.6 is 0 Å². The fraction of sp³-hybridized carbons (Fsp3) is 0.333. The van der Waals surface area contributed by atoms with Crippen LogP contribution in [0.5, 0.6) is 5.75 Å². The van der Waals surface area contributed by atoms with Crippen LogP contribution in [0.1, 0.15) is 33.2 Å².